The SMILES string of the molecule is CCc1ncc(NS(=O)(=O)Cc2ccccc2C(F)(F)F)cn1. The molecule has 0 saturated heterocycles. The third kappa shape index (κ3) is 4.65. The highest BCUT2D eigenvalue weighted by atomic mass is 32.2. The number of sulfonamides is 1. The Balaban J connectivity index is 2.21. The predicted molar refractivity (Wildman–Crippen MR) is 79.1 cm³/mol. The number of nitrogens with one attached hydrogen (secondary N) is 1. The summed E-state index contributed by atoms with van der Waals surface area (Å²) in [4.78, 5) is 7.85. The van der Waals surface area contributed by atoms with Crippen molar-refractivity contribution in [2.45, 2.75) is 25.3 Å². The van der Waals surface area contributed by atoms with E-state index in [1.165, 1.54) is 24.5 Å². The average Bonchev–Trinajstić information content (AvgIpc) is 2.46. The second-order valence-electron chi connectivity index (χ2n) is 4.76. The Kier molecular flexibility index (Phi) is 4.88. The van der Waals surface area contributed by atoms with Crippen LogP contribution in [0.2, 0.25) is 0 Å². The molecule has 0 aliphatic rings. The highest BCUT2D eigenvalue weighted by Crippen LogP contribution is 2.32. The Morgan fingerprint density at radius 1 is 1.13 bits per heavy atom. The molecular formula is C14H14F3N3O2S. The van der Waals surface area contributed by atoms with E-state index >= 15 is 0 Å². The fraction of sp³-hybridized carbons (Fsp3) is 0.286. The van der Waals surface area contributed by atoms with Gasteiger partial charge in [-0.25, -0.2) is 18.4 Å². The molecule has 9 heteroatoms. The minimum Gasteiger partial charge on any atom is -0.280 e. The van der Waals surface area contributed by atoms with Crippen molar-refractivity contribution in [2.24, 2.45) is 0 Å². The molecule has 5 nitrogen and oxygen atoms in total. The van der Waals surface area contributed by atoms with Crippen LogP contribution in [0.3, 0.4) is 0 Å². The topological polar surface area (TPSA) is 72.0 Å². The van der Waals surface area contributed by atoms with Crippen molar-refractivity contribution in [1.82, 2.24) is 9.97 Å². The highest BCUT2D eigenvalue weighted by molar-refractivity contribution is 7.91. The number of rotatable bonds is 5. The zero-order valence-electron chi connectivity index (χ0n) is 12.1. The van der Waals surface area contributed by atoms with Crippen LogP contribution in [-0.4, -0.2) is 18.4 Å². The van der Waals surface area contributed by atoms with Gasteiger partial charge in [0.25, 0.3) is 0 Å². The van der Waals surface area contributed by atoms with E-state index in [0.717, 1.165) is 12.1 Å². The van der Waals surface area contributed by atoms with Crippen molar-refractivity contribution in [3.8, 4) is 0 Å². The van der Waals surface area contributed by atoms with E-state index in [0.29, 0.717) is 12.2 Å². The first kappa shape index (κ1) is 17.2. The molecule has 0 spiro atoms. The van der Waals surface area contributed by atoms with Crippen LogP contribution in [0.25, 0.3) is 0 Å². The predicted octanol–water partition coefficient (Wildman–Crippen LogP) is 3.00. The number of benzene rings is 1. The first-order valence-corrected chi connectivity index (χ1v) is 8.33. The Morgan fingerprint density at radius 3 is 2.30 bits per heavy atom. The van der Waals surface area contributed by atoms with E-state index in [1.54, 1.807) is 0 Å². The maximum absolute atomic E-state index is 12.9. The number of aryl methyl sites for hydroxylation is 1. The third-order valence-corrected chi connectivity index (χ3v) is 4.20. The molecule has 0 aliphatic carbocycles. The number of aromatic nitrogens is 2. The Labute approximate surface area is 131 Å². The maximum atomic E-state index is 12.9. The third-order valence-electron chi connectivity index (χ3n) is 2.96. The number of anilines is 1. The molecule has 124 valence electrons. The van der Waals surface area contributed by atoms with Crippen molar-refractivity contribution < 1.29 is 21.6 Å². The number of alkyl halides is 3. The van der Waals surface area contributed by atoms with Gasteiger partial charge in [0.05, 0.1) is 29.4 Å². The van der Waals surface area contributed by atoms with Crippen molar-refractivity contribution in [2.75, 3.05) is 4.72 Å². The van der Waals surface area contributed by atoms with Crippen LogP contribution in [0.5, 0.6) is 0 Å². The van der Waals surface area contributed by atoms with Gasteiger partial charge in [-0.1, -0.05) is 25.1 Å². The maximum Gasteiger partial charge on any atom is 0.416 e. The first-order valence-electron chi connectivity index (χ1n) is 6.68. The van der Waals surface area contributed by atoms with Crippen LogP contribution in [0, 0.1) is 0 Å². The van der Waals surface area contributed by atoms with E-state index in [4.69, 9.17) is 0 Å². The van der Waals surface area contributed by atoms with Crippen LogP contribution in [-0.2, 0) is 28.4 Å². The van der Waals surface area contributed by atoms with E-state index in [-0.39, 0.29) is 11.3 Å². The lowest BCUT2D eigenvalue weighted by atomic mass is 10.1. The molecule has 0 amide bonds. The standard InChI is InChI=1S/C14H14F3N3O2S/c1-2-13-18-7-11(8-19-13)20-23(21,22)9-10-5-3-4-6-12(10)14(15,16)17/h3-8,20H,2,9H2,1H3. The average molecular weight is 345 g/mol. The molecule has 0 radical (unpaired) electrons. The zero-order valence-corrected chi connectivity index (χ0v) is 12.9. The normalized spacial score (nSPS) is 12.2. The van der Waals surface area contributed by atoms with Gasteiger partial charge in [0.2, 0.25) is 10.0 Å². The zero-order chi connectivity index (χ0) is 17.1. The summed E-state index contributed by atoms with van der Waals surface area (Å²) in [6.07, 6.45) is -1.47. The smallest absolute Gasteiger partial charge is 0.280 e. The summed E-state index contributed by atoms with van der Waals surface area (Å²) in [5.74, 6) is -0.256. The molecule has 2 aromatic rings. The molecule has 0 atom stereocenters. The summed E-state index contributed by atoms with van der Waals surface area (Å²) in [7, 11) is -4.02. The summed E-state index contributed by atoms with van der Waals surface area (Å²) in [5, 5.41) is 0. The van der Waals surface area contributed by atoms with Crippen molar-refractivity contribution in [3.63, 3.8) is 0 Å². The number of hydrogen-bond donors (Lipinski definition) is 1. The second-order valence-corrected chi connectivity index (χ2v) is 6.48. The van der Waals surface area contributed by atoms with Gasteiger partial charge in [0.15, 0.2) is 0 Å². The molecule has 1 heterocycles. The van der Waals surface area contributed by atoms with E-state index in [2.05, 4.69) is 14.7 Å². The summed E-state index contributed by atoms with van der Waals surface area (Å²) in [6, 6.07) is 4.56. The van der Waals surface area contributed by atoms with Gasteiger partial charge >= 0.3 is 6.18 Å². The van der Waals surface area contributed by atoms with Crippen molar-refractivity contribution in [3.05, 3.63) is 53.6 Å². The molecule has 0 fully saturated rings. The lowest BCUT2D eigenvalue weighted by molar-refractivity contribution is -0.138. The Hall–Kier alpha value is -2.16. The molecule has 0 unspecified atom stereocenters. The molecule has 1 N–H and O–H groups in total. The van der Waals surface area contributed by atoms with E-state index in [9.17, 15) is 21.6 Å². The number of hydrogen-bond acceptors (Lipinski definition) is 4. The van der Waals surface area contributed by atoms with Crippen LogP contribution < -0.4 is 4.72 Å². The van der Waals surface area contributed by atoms with Gasteiger partial charge in [-0.3, -0.25) is 4.72 Å². The van der Waals surface area contributed by atoms with Crippen LogP contribution in [0.1, 0.15) is 23.9 Å². The van der Waals surface area contributed by atoms with E-state index < -0.39 is 27.5 Å². The molecule has 1 aromatic heterocycles. The fourth-order valence-corrected chi connectivity index (χ4v) is 3.13. The summed E-state index contributed by atoms with van der Waals surface area (Å²) in [6.45, 7) is 1.84. The largest absolute Gasteiger partial charge is 0.416 e. The van der Waals surface area contributed by atoms with Crippen LogP contribution >= 0.6 is 0 Å². The Morgan fingerprint density at radius 2 is 1.74 bits per heavy atom. The first-order chi connectivity index (χ1) is 10.7. The van der Waals surface area contributed by atoms with Gasteiger partial charge in [-0.15, -0.1) is 0 Å². The van der Waals surface area contributed by atoms with Gasteiger partial charge in [-0.05, 0) is 11.6 Å². The van der Waals surface area contributed by atoms with Gasteiger partial charge < -0.3 is 0 Å². The summed E-state index contributed by atoms with van der Waals surface area (Å²) >= 11 is 0. The Bertz CT molecular complexity index is 775. The van der Waals surface area contributed by atoms with E-state index in [1.807, 2.05) is 6.92 Å². The molecule has 0 aliphatic heterocycles. The highest BCUT2D eigenvalue weighted by Gasteiger charge is 2.34. The lowest BCUT2D eigenvalue weighted by Gasteiger charge is -2.13. The van der Waals surface area contributed by atoms with Crippen LogP contribution in [0.15, 0.2) is 36.7 Å². The fourth-order valence-electron chi connectivity index (χ4n) is 1.93. The quantitative estimate of drug-likeness (QED) is 0.904. The van der Waals surface area contributed by atoms with Crippen molar-refractivity contribution in [1.29, 1.82) is 0 Å². The molecule has 0 bridgehead atoms. The lowest BCUT2D eigenvalue weighted by Crippen LogP contribution is -2.18. The van der Waals surface area contributed by atoms with Crippen molar-refractivity contribution >= 4 is 15.7 Å². The molecule has 0 saturated carbocycles. The summed E-state index contributed by atoms with van der Waals surface area (Å²) in [5.41, 5.74) is -1.19. The minimum absolute atomic E-state index is 0.103. The molecule has 1 aromatic carbocycles. The van der Waals surface area contributed by atoms with Gasteiger partial charge in [0.1, 0.15) is 5.82 Å². The molecular weight excluding hydrogens is 331 g/mol. The van der Waals surface area contributed by atoms with Crippen LogP contribution in [0.4, 0.5) is 18.9 Å². The van der Waals surface area contributed by atoms with Gasteiger partial charge in [0, 0.05) is 6.42 Å². The second kappa shape index (κ2) is 6.53. The number of nitrogens with zero attached hydrogens (tertiary/aromatic N) is 2. The number of halogens is 3. The van der Waals surface area contributed by atoms with Gasteiger partial charge in [-0.2, -0.15) is 13.2 Å². The molecule has 23 heavy (non-hydrogen) atoms. The summed E-state index contributed by atoms with van der Waals surface area (Å²) < 4.78 is 65.0. The monoisotopic (exact) mass is 345 g/mol. The minimum atomic E-state index is -4.61. The molecule has 2 rings (SSSR count).